The number of hydrogen-bond donors (Lipinski definition) is 1. The van der Waals surface area contributed by atoms with E-state index in [0.29, 0.717) is 19.6 Å². The molecule has 0 atom stereocenters. The van der Waals surface area contributed by atoms with Gasteiger partial charge in [-0.1, -0.05) is 29.8 Å². The summed E-state index contributed by atoms with van der Waals surface area (Å²) < 4.78 is 10.7. The minimum atomic E-state index is 0.00521. The molecule has 1 amide bonds. The Bertz CT molecular complexity index is 606. The predicted molar refractivity (Wildman–Crippen MR) is 91.0 cm³/mol. The molecule has 0 unspecified atom stereocenters. The number of benzene rings is 2. The fraction of sp³-hybridized carbons (Fsp3) is 0.316. The highest BCUT2D eigenvalue weighted by atomic mass is 16.5. The Hall–Kier alpha value is -2.49. The molecular weight excluding hydrogens is 290 g/mol. The second-order valence-electron chi connectivity index (χ2n) is 5.36. The molecule has 0 fully saturated rings. The Morgan fingerprint density at radius 3 is 2.30 bits per heavy atom. The van der Waals surface area contributed by atoms with Crippen LogP contribution in [0.2, 0.25) is 0 Å². The zero-order valence-electron chi connectivity index (χ0n) is 13.7. The molecular formula is C19H23NO3. The van der Waals surface area contributed by atoms with E-state index in [9.17, 15) is 4.79 Å². The first-order valence-electron chi connectivity index (χ1n) is 7.76. The van der Waals surface area contributed by atoms with Crippen LogP contribution in [0.25, 0.3) is 0 Å². The zero-order chi connectivity index (χ0) is 16.5. The molecule has 23 heavy (non-hydrogen) atoms. The summed E-state index contributed by atoms with van der Waals surface area (Å²) >= 11 is 0. The Morgan fingerprint density at radius 1 is 1.00 bits per heavy atom. The Balaban J connectivity index is 1.62. The van der Waals surface area contributed by atoms with Gasteiger partial charge in [0.1, 0.15) is 11.5 Å². The highest BCUT2D eigenvalue weighted by Crippen LogP contribution is 2.12. The number of ether oxygens (including phenoxy) is 2. The second-order valence-corrected chi connectivity index (χ2v) is 5.36. The number of hydrogen-bond acceptors (Lipinski definition) is 3. The lowest BCUT2D eigenvalue weighted by atomic mass is 10.1. The van der Waals surface area contributed by atoms with Gasteiger partial charge >= 0.3 is 0 Å². The maximum atomic E-state index is 11.8. The van der Waals surface area contributed by atoms with Crippen molar-refractivity contribution in [2.75, 3.05) is 20.3 Å². The summed E-state index contributed by atoms with van der Waals surface area (Å²) in [6.45, 7) is 3.03. The highest BCUT2D eigenvalue weighted by molar-refractivity contribution is 5.75. The van der Waals surface area contributed by atoms with Crippen LogP contribution in [0.4, 0.5) is 0 Å². The van der Waals surface area contributed by atoms with Crippen molar-refractivity contribution in [3.8, 4) is 11.5 Å². The molecule has 0 aromatic heterocycles. The van der Waals surface area contributed by atoms with E-state index in [4.69, 9.17) is 9.47 Å². The topological polar surface area (TPSA) is 47.6 Å². The summed E-state index contributed by atoms with van der Waals surface area (Å²) in [4.78, 5) is 11.8. The van der Waals surface area contributed by atoms with Crippen molar-refractivity contribution in [1.29, 1.82) is 0 Å². The van der Waals surface area contributed by atoms with Crippen molar-refractivity contribution in [3.05, 3.63) is 59.7 Å². The van der Waals surface area contributed by atoms with Gasteiger partial charge in [0.05, 0.1) is 20.1 Å². The molecule has 0 heterocycles. The van der Waals surface area contributed by atoms with Gasteiger partial charge in [-0.3, -0.25) is 4.79 Å². The van der Waals surface area contributed by atoms with E-state index < -0.39 is 0 Å². The first-order chi connectivity index (χ1) is 11.2. The van der Waals surface area contributed by atoms with Gasteiger partial charge < -0.3 is 14.8 Å². The first-order valence-corrected chi connectivity index (χ1v) is 7.76. The van der Waals surface area contributed by atoms with Crippen LogP contribution in [0.3, 0.4) is 0 Å². The molecule has 2 aromatic rings. The molecule has 122 valence electrons. The fourth-order valence-corrected chi connectivity index (χ4v) is 2.12. The van der Waals surface area contributed by atoms with Crippen molar-refractivity contribution in [1.82, 2.24) is 5.32 Å². The average Bonchev–Trinajstić information content (AvgIpc) is 2.57. The van der Waals surface area contributed by atoms with Crippen LogP contribution in [0.5, 0.6) is 11.5 Å². The van der Waals surface area contributed by atoms with Crippen molar-refractivity contribution in [3.63, 3.8) is 0 Å². The molecule has 0 aliphatic rings. The highest BCUT2D eigenvalue weighted by Gasteiger charge is 2.02. The average molecular weight is 313 g/mol. The standard InChI is InChI=1S/C19H23NO3/c1-15-3-7-18(8-4-15)23-14-12-19(21)20-13-11-16-5-9-17(22-2)10-6-16/h3-10H,11-14H2,1-2H3,(H,20,21). The number of aryl methyl sites for hydroxylation is 1. The van der Waals surface area contributed by atoms with Crippen LogP contribution < -0.4 is 14.8 Å². The van der Waals surface area contributed by atoms with Gasteiger partial charge in [-0.15, -0.1) is 0 Å². The molecule has 0 saturated carbocycles. The third-order valence-electron chi connectivity index (χ3n) is 3.51. The molecule has 4 nitrogen and oxygen atoms in total. The Kier molecular flexibility index (Phi) is 6.48. The first kappa shape index (κ1) is 16.9. The van der Waals surface area contributed by atoms with Crippen LogP contribution in [0, 0.1) is 6.92 Å². The van der Waals surface area contributed by atoms with Gasteiger partial charge in [-0.05, 0) is 43.2 Å². The van der Waals surface area contributed by atoms with Crippen LogP contribution in [-0.4, -0.2) is 26.2 Å². The van der Waals surface area contributed by atoms with E-state index in [1.165, 1.54) is 11.1 Å². The third kappa shape index (κ3) is 6.02. The monoisotopic (exact) mass is 313 g/mol. The lowest BCUT2D eigenvalue weighted by Crippen LogP contribution is -2.27. The minimum Gasteiger partial charge on any atom is -0.497 e. The van der Waals surface area contributed by atoms with E-state index in [-0.39, 0.29) is 5.91 Å². The van der Waals surface area contributed by atoms with E-state index in [2.05, 4.69) is 5.32 Å². The van der Waals surface area contributed by atoms with Gasteiger partial charge in [0.15, 0.2) is 0 Å². The molecule has 0 aliphatic carbocycles. The molecule has 0 saturated heterocycles. The molecule has 0 radical (unpaired) electrons. The van der Waals surface area contributed by atoms with E-state index in [1.807, 2.05) is 55.5 Å². The summed E-state index contributed by atoms with van der Waals surface area (Å²) in [7, 11) is 1.65. The molecule has 0 bridgehead atoms. The van der Waals surface area contributed by atoms with Crippen LogP contribution in [0.15, 0.2) is 48.5 Å². The van der Waals surface area contributed by atoms with Gasteiger partial charge in [0, 0.05) is 6.54 Å². The molecule has 1 N–H and O–H groups in total. The molecule has 2 aromatic carbocycles. The van der Waals surface area contributed by atoms with Gasteiger partial charge in [0.25, 0.3) is 0 Å². The maximum Gasteiger partial charge on any atom is 0.223 e. The number of nitrogens with one attached hydrogen (secondary N) is 1. The maximum absolute atomic E-state index is 11.8. The van der Waals surface area contributed by atoms with E-state index >= 15 is 0 Å². The van der Waals surface area contributed by atoms with Gasteiger partial charge in [0.2, 0.25) is 5.91 Å². The van der Waals surface area contributed by atoms with E-state index in [0.717, 1.165) is 17.9 Å². The molecule has 4 heteroatoms. The minimum absolute atomic E-state index is 0.00521. The summed E-state index contributed by atoms with van der Waals surface area (Å²) in [6.07, 6.45) is 1.16. The van der Waals surface area contributed by atoms with Crippen LogP contribution >= 0.6 is 0 Å². The Labute approximate surface area is 137 Å². The second kappa shape index (κ2) is 8.83. The number of carbonyl (C=O) groups is 1. The number of methoxy groups -OCH3 is 1. The predicted octanol–water partition coefficient (Wildman–Crippen LogP) is 3.13. The van der Waals surface area contributed by atoms with Crippen LogP contribution in [0.1, 0.15) is 17.5 Å². The molecule has 0 aliphatic heterocycles. The summed E-state index contributed by atoms with van der Waals surface area (Å²) in [5.74, 6) is 1.64. The third-order valence-corrected chi connectivity index (χ3v) is 3.51. The molecule has 2 rings (SSSR count). The number of amides is 1. The summed E-state index contributed by atoms with van der Waals surface area (Å²) in [5, 5.41) is 2.90. The lowest BCUT2D eigenvalue weighted by molar-refractivity contribution is -0.121. The van der Waals surface area contributed by atoms with Crippen LogP contribution in [-0.2, 0) is 11.2 Å². The quantitative estimate of drug-likeness (QED) is 0.814. The number of rotatable bonds is 8. The van der Waals surface area contributed by atoms with Crippen molar-refractivity contribution < 1.29 is 14.3 Å². The van der Waals surface area contributed by atoms with Gasteiger partial charge in [-0.25, -0.2) is 0 Å². The van der Waals surface area contributed by atoms with E-state index in [1.54, 1.807) is 7.11 Å². The smallest absolute Gasteiger partial charge is 0.223 e. The summed E-state index contributed by atoms with van der Waals surface area (Å²) in [5.41, 5.74) is 2.36. The SMILES string of the molecule is COc1ccc(CCNC(=O)CCOc2ccc(C)cc2)cc1. The molecule has 0 spiro atoms. The summed E-state index contributed by atoms with van der Waals surface area (Å²) in [6, 6.07) is 15.7. The fourth-order valence-electron chi connectivity index (χ4n) is 2.12. The van der Waals surface area contributed by atoms with Gasteiger partial charge in [-0.2, -0.15) is 0 Å². The van der Waals surface area contributed by atoms with Crippen molar-refractivity contribution >= 4 is 5.91 Å². The lowest BCUT2D eigenvalue weighted by Gasteiger charge is -2.08. The number of carbonyl (C=O) groups excluding carboxylic acids is 1. The largest absolute Gasteiger partial charge is 0.497 e. The Morgan fingerprint density at radius 2 is 1.65 bits per heavy atom. The zero-order valence-corrected chi connectivity index (χ0v) is 13.7. The normalized spacial score (nSPS) is 10.2. The van der Waals surface area contributed by atoms with Crippen molar-refractivity contribution in [2.24, 2.45) is 0 Å². The van der Waals surface area contributed by atoms with Crippen molar-refractivity contribution in [2.45, 2.75) is 19.8 Å².